The van der Waals surface area contributed by atoms with Gasteiger partial charge in [-0.15, -0.1) is 21.5 Å². The molecule has 2 aromatic rings. The lowest BCUT2D eigenvalue weighted by molar-refractivity contribution is -0.763. The Balaban J connectivity index is 2.08. The van der Waals surface area contributed by atoms with Gasteiger partial charge < -0.3 is 9.74 Å². The molecule has 2 atom stereocenters. The van der Waals surface area contributed by atoms with Crippen molar-refractivity contribution in [3.8, 4) is 0 Å². The van der Waals surface area contributed by atoms with Crippen molar-refractivity contribution < 1.29 is 31.6 Å². The average molecular weight is 504 g/mol. The molecule has 1 amide bonds. The van der Waals surface area contributed by atoms with E-state index in [-0.39, 0.29) is 32.5 Å². The number of sulfone groups is 1. The lowest BCUT2D eigenvalue weighted by Gasteiger charge is -2.36. The number of nitrogens with two attached hydrogens (primary N) is 1. The Labute approximate surface area is 188 Å². The van der Waals surface area contributed by atoms with Crippen molar-refractivity contribution in [2.45, 2.75) is 46.6 Å². The molecule has 2 N–H and O–H groups in total. The third-order valence-corrected chi connectivity index (χ3v) is 10.6. The highest BCUT2D eigenvalue weighted by Crippen LogP contribution is 2.45. The van der Waals surface area contributed by atoms with Gasteiger partial charge in [0, 0.05) is 17.7 Å². The molecule has 0 bridgehead atoms. The maximum absolute atomic E-state index is 13.4. The molecule has 14 heteroatoms. The summed E-state index contributed by atoms with van der Waals surface area (Å²) in [6.07, 6.45) is 0.0588. The highest BCUT2D eigenvalue weighted by Gasteiger charge is 2.42. The molecule has 1 aliphatic rings. The maximum atomic E-state index is 13.4. The number of benzene rings is 1. The fraction of sp³-hybridized carbons (Fsp3) is 0.389. The Morgan fingerprint density at radius 2 is 2.03 bits per heavy atom. The molecule has 32 heavy (non-hydrogen) atoms. The van der Waals surface area contributed by atoms with Crippen molar-refractivity contribution in [2.75, 3.05) is 6.54 Å². The molecule has 0 aliphatic carbocycles. The van der Waals surface area contributed by atoms with Gasteiger partial charge in [0.2, 0.25) is 10.0 Å². The van der Waals surface area contributed by atoms with E-state index < -0.39 is 48.8 Å². The smallest absolute Gasteiger partial charge is 0.294 e. The van der Waals surface area contributed by atoms with Crippen molar-refractivity contribution in [1.29, 1.82) is 0 Å². The fourth-order valence-corrected chi connectivity index (χ4v) is 8.04. The lowest BCUT2D eigenvalue weighted by Crippen LogP contribution is -2.40. The number of carbonyl (C=O) groups is 1. The molecule has 0 radical (unpaired) electrons. The van der Waals surface area contributed by atoms with Crippen LogP contribution in [0.2, 0.25) is 0 Å². The largest absolute Gasteiger partial charge is 0.332 e. The second-order valence-electron chi connectivity index (χ2n) is 7.21. The molecule has 0 saturated carbocycles. The second kappa shape index (κ2) is 8.77. The summed E-state index contributed by atoms with van der Waals surface area (Å²) in [5.74, 6) is -0.485. The van der Waals surface area contributed by atoms with Crippen LogP contribution in [0.3, 0.4) is 0 Å². The van der Waals surface area contributed by atoms with Crippen LogP contribution in [0.4, 0.5) is 0 Å². The molecule has 2 heterocycles. The Bertz CT molecular complexity index is 1270. The third-order valence-electron chi connectivity index (χ3n) is 5.24. The van der Waals surface area contributed by atoms with E-state index in [0.717, 1.165) is 0 Å². The molecular formula is C18H21N3O8S3. The number of hydrogen-bond donors (Lipinski definition) is 1. The number of sulfonamides is 1. The topological polar surface area (TPSA) is 167 Å². The van der Waals surface area contributed by atoms with E-state index in [2.05, 4.69) is 4.84 Å². The summed E-state index contributed by atoms with van der Waals surface area (Å²) in [6, 6.07) is 6.71. The zero-order chi connectivity index (χ0) is 23.8. The summed E-state index contributed by atoms with van der Waals surface area (Å²) < 4.78 is 49.0. The fourth-order valence-electron chi connectivity index (χ4n) is 3.64. The van der Waals surface area contributed by atoms with Crippen LogP contribution in [-0.2, 0) is 31.3 Å². The predicted molar refractivity (Wildman–Crippen MR) is 115 cm³/mol. The number of amides is 1. The first-order valence-electron chi connectivity index (χ1n) is 9.44. The van der Waals surface area contributed by atoms with E-state index in [1.165, 1.54) is 30.0 Å². The minimum absolute atomic E-state index is 0.0588. The van der Waals surface area contributed by atoms with E-state index in [9.17, 15) is 31.7 Å². The highest BCUT2D eigenvalue weighted by atomic mass is 32.3. The lowest BCUT2D eigenvalue weighted by atomic mass is 10.00. The van der Waals surface area contributed by atoms with Crippen molar-refractivity contribution in [2.24, 2.45) is 5.14 Å². The van der Waals surface area contributed by atoms with E-state index in [1.807, 2.05) is 0 Å². The first-order valence-corrected chi connectivity index (χ1v) is 13.4. The minimum atomic E-state index is -4.14. The zero-order valence-corrected chi connectivity index (χ0v) is 19.6. The van der Waals surface area contributed by atoms with E-state index in [1.54, 1.807) is 19.1 Å². The Kier molecular flexibility index (Phi) is 6.60. The molecule has 1 aliphatic heterocycles. The number of fused-ring (bicyclic) bond motifs is 1. The molecule has 3 rings (SSSR count). The first-order chi connectivity index (χ1) is 14.9. The molecule has 0 fully saturated rings. The van der Waals surface area contributed by atoms with Gasteiger partial charge in [0.25, 0.3) is 11.0 Å². The van der Waals surface area contributed by atoms with Crippen LogP contribution >= 0.6 is 11.3 Å². The second-order valence-corrected chi connectivity index (χ2v) is 12.6. The van der Waals surface area contributed by atoms with Gasteiger partial charge in [-0.1, -0.05) is 18.2 Å². The molecule has 174 valence electrons. The Morgan fingerprint density at radius 3 is 2.62 bits per heavy atom. The number of carbonyl (C=O) groups excluding carboxylic acids is 1. The van der Waals surface area contributed by atoms with Gasteiger partial charge in [0.1, 0.15) is 15.0 Å². The van der Waals surface area contributed by atoms with Crippen LogP contribution in [0, 0.1) is 10.1 Å². The van der Waals surface area contributed by atoms with E-state index in [4.69, 9.17) is 5.14 Å². The molecule has 1 unspecified atom stereocenters. The van der Waals surface area contributed by atoms with Crippen molar-refractivity contribution in [3.63, 3.8) is 0 Å². The Hall–Kier alpha value is -2.55. The molecule has 11 nitrogen and oxygen atoms in total. The number of rotatable bonds is 7. The monoisotopic (exact) mass is 503 g/mol. The van der Waals surface area contributed by atoms with E-state index in [0.29, 0.717) is 16.9 Å². The first kappa shape index (κ1) is 24.1. The van der Waals surface area contributed by atoms with Gasteiger partial charge in [-0.2, -0.15) is 0 Å². The Morgan fingerprint density at radius 1 is 1.38 bits per heavy atom. The third kappa shape index (κ3) is 4.48. The predicted octanol–water partition coefficient (Wildman–Crippen LogP) is 1.87. The van der Waals surface area contributed by atoms with E-state index >= 15 is 0 Å². The quantitative estimate of drug-likeness (QED) is 0.441. The van der Waals surface area contributed by atoms with Crippen molar-refractivity contribution in [1.82, 2.24) is 4.90 Å². The van der Waals surface area contributed by atoms with Crippen LogP contribution in [-0.4, -0.2) is 44.5 Å². The number of primary sulfonamides is 1. The van der Waals surface area contributed by atoms with Gasteiger partial charge in [-0.25, -0.2) is 22.0 Å². The van der Waals surface area contributed by atoms with Gasteiger partial charge >= 0.3 is 0 Å². The van der Waals surface area contributed by atoms with Gasteiger partial charge in [0.05, 0.1) is 11.3 Å². The summed E-state index contributed by atoms with van der Waals surface area (Å²) in [4.78, 5) is 29.9. The van der Waals surface area contributed by atoms with Gasteiger partial charge in [0.15, 0.2) is 9.84 Å². The van der Waals surface area contributed by atoms with Crippen LogP contribution in [0.5, 0.6) is 0 Å². The highest BCUT2D eigenvalue weighted by molar-refractivity contribution is 7.95. The summed E-state index contributed by atoms with van der Waals surface area (Å²) >= 11 is 0.573. The number of nitrogens with zero attached hydrogens (tertiary/aromatic N) is 2. The summed E-state index contributed by atoms with van der Waals surface area (Å²) in [5.41, 5.74) is 0.659. The normalized spacial score (nSPS) is 19.7. The zero-order valence-electron chi connectivity index (χ0n) is 17.1. The van der Waals surface area contributed by atoms with Gasteiger partial charge in [-0.3, -0.25) is 4.79 Å². The van der Waals surface area contributed by atoms with Crippen LogP contribution in [0.25, 0.3) is 0 Å². The summed E-state index contributed by atoms with van der Waals surface area (Å²) in [6.45, 7) is 2.95. The van der Waals surface area contributed by atoms with Crippen LogP contribution < -0.4 is 5.14 Å². The molecule has 0 spiro atoms. The summed E-state index contributed by atoms with van der Waals surface area (Å²) in [7, 11) is -7.93. The number of hydrogen-bond acceptors (Lipinski definition) is 9. The van der Waals surface area contributed by atoms with Crippen molar-refractivity contribution >= 4 is 37.1 Å². The molecule has 1 aromatic heterocycles. The maximum Gasteiger partial charge on any atom is 0.294 e. The van der Waals surface area contributed by atoms with Crippen LogP contribution in [0.1, 0.15) is 47.8 Å². The SMILES string of the molecule is CCN(C(=O)c1ccccc1CO[N+](=O)[O-])[C@H]1CC(C)S(=O)(=O)c2sc(S(N)(=O)=O)cc21. The average Bonchev–Trinajstić information content (AvgIpc) is 3.18. The minimum Gasteiger partial charge on any atom is -0.332 e. The summed E-state index contributed by atoms with van der Waals surface area (Å²) in [5, 5.41) is 14.0. The molecular weight excluding hydrogens is 482 g/mol. The van der Waals surface area contributed by atoms with Crippen LogP contribution in [0.15, 0.2) is 38.8 Å². The standard InChI is InChI=1S/C18H21N3O8S3/c1-3-20(17(22)13-7-5-4-6-12(13)10-29-21(23)24)15-8-11(2)31(25,26)18-14(15)9-16(30-18)32(19,27)28/h4-7,9,11,15H,3,8,10H2,1-2H3,(H2,19,27,28)/t11?,15-/m0/s1. The number of thiophene rings is 1. The van der Waals surface area contributed by atoms with Crippen molar-refractivity contribution in [3.05, 3.63) is 57.1 Å². The van der Waals surface area contributed by atoms with Gasteiger partial charge in [-0.05, 0) is 38.0 Å². The molecule has 1 aromatic carbocycles. The molecule has 0 saturated heterocycles.